The monoisotopic (exact) mass is 383 g/mol. The maximum Gasteiger partial charge on any atom is 0.254 e. The van der Waals surface area contributed by atoms with Crippen LogP contribution < -0.4 is 4.74 Å². The van der Waals surface area contributed by atoms with Crippen LogP contribution in [0.1, 0.15) is 27.3 Å². The summed E-state index contributed by atoms with van der Waals surface area (Å²) in [4.78, 5) is 14.4. The predicted molar refractivity (Wildman–Crippen MR) is 98.8 cm³/mol. The Balaban J connectivity index is 1.44. The molecule has 0 saturated carbocycles. The van der Waals surface area contributed by atoms with E-state index in [0.717, 1.165) is 5.69 Å². The summed E-state index contributed by atoms with van der Waals surface area (Å²) in [5.41, 5.74) is 2.43. The van der Waals surface area contributed by atoms with Gasteiger partial charge in [0.2, 0.25) is 0 Å². The van der Waals surface area contributed by atoms with Crippen LogP contribution in [-0.2, 0) is 19.7 Å². The Kier molecular flexibility index (Phi) is 4.81. The van der Waals surface area contributed by atoms with Crippen LogP contribution >= 0.6 is 0 Å². The molecule has 0 fully saturated rings. The maximum absolute atomic E-state index is 13.8. The second kappa shape index (κ2) is 7.42. The molecule has 0 atom stereocenters. The molecule has 0 radical (unpaired) electrons. The molecule has 1 aliphatic heterocycles. The van der Waals surface area contributed by atoms with Gasteiger partial charge < -0.3 is 9.64 Å². The van der Waals surface area contributed by atoms with Gasteiger partial charge in [-0.1, -0.05) is 12.1 Å². The fourth-order valence-corrected chi connectivity index (χ4v) is 3.19. The van der Waals surface area contributed by atoms with E-state index < -0.39 is 0 Å². The first-order valence-corrected chi connectivity index (χ1v) is 8.99. The molecule has 0 bridgehead atoms. The van der Waals surface area contributed by atoms with Gasteiger partial charge in [0.25, 0.3) is 5.91 Å². The Bertz CT molecular complexity index is 1030. The number of halogens is 2. The molecule has 0 aliphatic carbocycles. The van der Waals surface area contributed by atoms with Gasteiger partial charge in [0.1, 0.15) is 29.7 Å². The quantitative estimate of drug-likeness (QED) is 0.690. The van der Waals surface area contributed by atoms with E-state index in [0.29, 0.717) is 42.2 Å². The molecule has 144 valence electrons. The van der Waals surface area contributed by atoms with Gasteiger partial charge in [-0.3, -0.25) is 9.48 Å². The van der Waals surface area contributed by atoms with Crippen LogP contribution in [0.25, 0.3) is 0 Å². The molecular weight excluding hydrogens is 364 g/mol. The average Bonchev–Trinajstić information content (AvgIpc) is 3.10. The Morgan fingerprint density at radius 2 is 2.00 bits per heavy atom. The minimum atomic E-state index is -0.385. The SMILES string of the molecule is Cc1ccc(C(=O)N2CCn3nc(COc4cccc(F)c4)cc3C2)cc1F. The van der Waals surface area contributed by atoms with E-state index in [1.807, 2.05) is 10.7 Å². The number of ether oxygens (including phenoxy) is 1. The van der Waals surface area contributed by atoms with Crippen LogP contribution in [0.2, 0.25) is 0 Å². The second-order valence-corrected chi connectivity index (χ2v) is 6.79. The van der Waals surface area contributed by atoms with Gasteiger partial charge in [-0.25, -0.2) is 8.78 Å². The third-order valence-electron chi connectivity index (χ3n) is 4.74. The Labute approximate surface area is 161 Å². The topological polar surface area (TPSA) is 47.4 Å². The zero-order chi connectivity index (χ0) is 19.7. The van der Waals surface area contributed by atoms with Gasteiger partial charge in [-0.15, -0.1) is 0 Å². The van der Waals surface area contributed by atoms with Crippen molar-refractivity contribution in [1.29, 1.82) is 0 Å². The molecule has 1 aliphatic rings. The van der Waals surface area contributed by atoms with Crippen molar-refractivity contribution in [3.8, 4) is 5.75 Å². The average molecular weight is 383 g/mol. The minimum absolute atomic E-state index is 0.205. The molecular formula is C21H19F2N3O2. The molecule has 7 heteroatoms. The standard InChI is InChI=1S/C21H19F2N3O2/c1-14-5-6-15(9-20(14)23)21(27)25-7-8-26-18(12-25)11-17(24-26)13-28-19-4-2-3-16(22)10-19/h2-6,9-11H,7-8,12-13H2,1H3. The number of hydrogen-bond acceptors (Lipinski definition) is 3. The third kappa shape index (κ3) is 3.74. The first-order valence-electron chi connectivity index (χ1n) is 8.99. The number of carbonyl (C=O) groups excluding carboxylic acids is 1. The van der Waals surface area contributed by atoms with E-state index in [9.17, 15) is 13.6 Å². The van der Waals surface area contributed by atoms with Crippen LogP contribution in [0.5, 0.6) is 5.75 Å². The molecule has 0 saturated heterocycles. The molecule has 2 aromatic carbocycles. The number of aryl methyl sites for hydroxylation is 1. The second-order valence-electron chi connectivity index (χ2n) is 6.79. The molecule has 28 heavy (non-hydrogen) atoms. The van der Waals surface area contributed by atoms with Crippen molar-refractivity contribution in [3.05, 3.63) is 82.7 Å². The lowest BCUT2D eigenvalue weighted by molar-refractivity contribution is 0.0705. The number of benzene rings is 2. The van der Waals surface area contributed by atoms with Gasteiger partial charge in [0, 0.05) is 18.2 Å². The van der Waals surface area contributed by atoms with Gasteiger partial charge in [0.05, 0.1) is 18.8 Å². The molecule has 0 spiro atoms. The Morgan fingerprint density at radius 1 is 1.14 bits per heavy atom. The molecule has 5 nitrogen and oxygen atoms in total. The zero-order valence-corrected chi connectivity index (χ0v) is 15.4. The third-order valence-corrected chi connectivity index (χ3v) is 4.74. The molecule has 2 heterocycles. The lowest BCUT2D eigenvalue weighted by Gasteiger charge is -2.27. The summed E-state index contributed by atoms with van der Waals surface area (Å²) in [6, 6.07) is 12.3. The number of nitrogens with zero attached hydrogens (tertiary/aromatic N) is 3. The minimum Gasteiger partial charge on any atom is -0.487 e. The fourth-order valence-electron chi connectivity index (χ4n) is 3.19. The van der Waals surface area contributed by atoms with Crippen molar-refractivity contribution in [2.45, 2.75) is 26.6 Å². The lowest BCUT2D eigenvalue weighted by atomic mass is 10.1. The van der Waals surface area contributed by atoms with Gasteiger partial charge in [-0.2, -0.15) is 5.10 Å². The summed E-state index contributed by atoms with van der Waals surface area (Å²) in [7, 11) is 0. The van der Waals surface area contributed by atoms with Crippen LogP contribution in [0.3, 0.4) is 0 Å². The number of rotatable bonds is 4. The highest BCUT2D eigenvalue weighted by Gasteiger charge is 2.24. The van der Waals surface area contributed by atoms with E-state index in [-0.39, 0.29) is 24.1 Å². The van der Waals surface area contributed by atoms with Crippen LogP contribution in [0, 0.1) is 18.6 Å². The van der Waals surface area contributed by atoms with Crippen molar-refractivity contribution in [2.75, 3.05) is 6.54 Å². The normalized spacial score (nSPS) is 13.3. The summed E-state index contributed by atoms with van der Waals surface area (Å²) in [6.45, 7) is 3.31. The first-order chi connectivity index (χ1) is 13.5. The number of aromatic nitrogens is 2. The predicted octanol–water partition coefficient (Wildman–Crippen LogP) is 3.70. The summed E-state index contributed by atoms with van der Waals surface area (Å²) in [6.07, 6.45) is 0. The van der Waals surface area contributed by atoms with E-state index in [2.05, 4.69) is 5.10 Å². The number of fused-ring (bicyclic) bond motifs is 1. The lowest BCUT2D eigenvalue weighted by Crippen LogP contribution is -2.38. The summed E-state index contributed by atoms with van der Waals surface area (Å²) in [5.74, 6) is -0.513. The van der Waals surface area contributed by atoms with Crippen molar-refractivity contribution < 1.29 is 18.3 Å². The maximum atomic E-state index is 13.8. The molecule has 0 unspecified atom stereocenters. The molecule has 1 aromatic heterocycles. The largest absolute Gasteiger partial charge is 0.487 e. The summed E-state index contributed by atoms with van der Waals surface area (Å²) in [5, 5.41) is 4.48. The fraction of sp³-hybridized carbons (Fsp3) is 0.238. The number of carbonyl (C=O) groups is 1. The summed E-state index contributed by atoms with van der Waals surface area (Å²) < 4.78 is 34.4. The zero-order valence-electron chi connectivity index (χ0n) is 15.4. The van der Waals surface area contributed by atoms with Crippen molar-refractivity contribution in [1.82, 2.24) is 14.7 Å². The Morgan fingerprint density at radius 3 is 2.79 bits per heavy atom. The molecule has 4 rings (SSSR count). The van der Waals surface area contributed by atoms with E-state index in [1.165, 1.54) is 18.2 Å². The van der Waals surface area contributed by atoms with Crippen LogP contribution in [0.4, 0.5) is 8.78 Å². The van der Waals surface area contributed by atoms with Gasteiger partial charge >= 0.3 is 0 Å². The first kappa shape index (κ1) is 18.2. The van der Waals surface area contributed by atoms with E-state index in [1.54, 1.807) is 36.1 Å². The Hall–Kier alpha value is -3.22. The van der Waals surface area contributed by atoms with Crippen LogP contribution in [0.15, 0.2) is 48.5 Å². The highest BCUT2D eigenvalue weighted by atomic mass is 19.1. The highest BCUT2D eigenvalue weighted by Crippen LogP contribution is 2.19. The van der Waals surface area contributed by atoms with Crippen molar-refractivity contribution in [3.63, 3.8) is 0 Å². The van der Waals surface area contributed by atoms with Gasteiger partial charge in [0.15, 0.2) is 0 Å². The molecule has 0 N–H and O–H groups in total. The van der Waals surface area contributed by atoms with Crippen molar-refractivity contribution >= 4 is 5.91 Å². The summed E-state index contributed by atoms with van der Waals surface area (Å²) >= 11 is 0. The smallest absolute Gasteiger partial charge is 0.254 e. The van der Waals surface area contributed by atoms with Crippen LogP contribution in [-0.4, -0.2) is 27.1 Å². The van der Waals surface area contributed by atoms with E-state index in [4.69, 9.17) is 4.74 Å². The molecule has 1 amide bonds. The van der Waals surface area contributed by atoms with Gasteiger partial charge in [-0.05, 0) is 42.8 Å². The van der Waals surface area contributed by atoms with Crippen molar-refractivity contribution in [2.24, 2.45) is 0 Å². The number of amides is 1. The number of hydrogen-bond donors (Lipinski definition) is 0. The molecule has 3 aromatic rings. The highest BCUT2D eigenvalue weighted by molar-refractivity contribution is 5.94. The van der Waals surface area contributed by atoms with E-state index >= 15 is 0 Å².